The highest BCUT2D eigenvalue weighted by atomic mass is 35.5. The third-order valence-electron chi connectivity index (χ3n) is 4.49. The van der Waals surface area contributed by atoms with Crippen LogP contribution in [0, 0.1) is 11.3 Å². The van der Waals surface area contributed by atoms with E-state index in [0.717, 1.165) is 17.2 Å². The van der Waals surface area contributed by atoms with Crippen molar-refractivity contribution in [1.29, 1.82) is 0 Å². The molecule has 3 atom stereocenters. The third kappa shape index (κ3) is 3.89. The highest BCUT2D eigenvalue weighted by molar-refractivity contribution is 6.30. The molecular weight excluding hydrogens is 270 g/mol. The summed E-state index contributed by atoms with van der Waals surface area (Å²) in [4.78, 5) is 0. The molecule has 0 aromatic heterocycles. The van der Waals surface area contributed by atoms with E-state index in [9.17, 15) is 0 Å². The lowest BCUT2D eigenvalue weighted by molar-refractivity contribution is 0.0496. The highest BCUT2D eigenvalue weighted by Crippen LogP contribution is 2.39. The number of hydrogen-bond donors (Lipinski definition) is 1. The van der Waals surface area contributed by atoms with Crippen molar-refractivity contribution in [1.82, 2.24) is 5.32 Å². The summed E-state index contributed by atoms with van der Waals surface area (Å²) >= 11 is 5.93. The summed E-state index contributed by atoms with van der Waals surface area (Å²) in [5, 5.41) is 4.16. The van der Waals surface area contributed by atoms with E-state index in [1.807, 2.05) is 31.3 Å². The average Bonchev–Trinajstić information content (AvgIpc) is 2.40. The molecule has 1 aromatic rings. The molecule has 1 aromatic carbocycles. The zero-order valence-electron chi connectivity index (χ0n) is 12.9. The third-order valence-corrected chi connectivity index (χ3v) is 4.74. The minimum atomic E-state index is 0.235. The van der Waals surface area contributed by atoms with Crippen molar-refractivity contribution in [2.24, 2.45) is 11.3 Å². The number of likely N-dealkylation sites (N-methyl/N-ethyl adjacent to an activating group) is 1. The lowest BCUT2D eigenvalue weighted by atomic mass is 9.70. The molecule has 0 radical (unpaired) electrons. The van der Waals surface area contributed by atoms with Crippen molar-refractivity contribution in [3.05, 3.63) is 29.3 Å². The topological polar surface area (TPSA) is 21.3 Å². The van der Waals surface area contributed by atoms with E-state index in [4.69, 9.17) is 16.3 Å². The number of halogens is 1. The summed E-state index contributed by atoms with van der Waals surface area (Å²) in [5.41, 5.74) is 0.348. The van der Waals surface area contributed by atoms with E-state index >= 15 is 0 Å². The Labute approximate surface area is 127 Å². The smallest absolute Gasteiger partial charge is 0.119 e. The monoisotopic (exact) mass is 295 g/mol. The second kappa shape index (κ2) is 6.36. The fourth-order valence-corrected chi connectivity index (χ4v) is 3.19. The summed E-state index contributed by atoms with van der Waals surface area (Å²) in [6, 6.07) is 8.11. The molecule has 0 heterocycles. The molecule has 3 unspecified atom stereocenters. The zero-order valence-corrected chi connectivity index (χ0v) is 13.7. The number of ether oxygens (including phenoxy) is 1. The summed E-state index contributed by atoms with van der Waals surface area (Å²) in [6.45, 7) is 6.99. The molecule has 1 fully saturated rings. The Bertz CT molecular complexity index is 424. The van der Waals surface area contributed by atoms with E-state index in [1.165, 1.54) is 12.8 Å². The van der Waals surface area contributed by atoms with E-state index in [0.29, 0.717) is 17.4 Å². The Morgan fingerprint density at radius 3 is 2.35 bits per heavy atom. The van der Waals surface area contributed by atoms with Crippen LogP contribution in [-0.4, -0.2) is 19.2 Å². The standard InChI is InChI=1S/C17H26ClNO/c1-17(2,3)12-5-10-15(19-4)16(11-12)20-14-8-6-13(18)7-9-14/h6-9,12,15-16,19H,5,10-11H2,1-4H3. The van der Waals surface area contributed by atoms with Crippen LogP contribution in [0.25, 0.3) is 0 Å². The molecule has 3 heteroatoms. The molecule has 0 bridgehead atoms. The molecule has 0 saturated heterocycles. The van der Waals surface area contributed by atoms with Crippen LogP contribution in [0.2, 0.25) is 5.02 Å². The van der Waals surface area contributed by atoms with Gasteiger partial charge in [-0.25, -0.2) is 0 Å². The molecule has 1 N–H and O–H groups in total. The molecule has 0 spiro atoms. The maximum absolute atomic E-state index is 6.22. The predicted octanol–water partition coefficient (Wildman–Crippen LogP) is 4.52. The van der Waals surface area contributed by atoms with Crippen molar-refractivity contribution < 1.29 is 4.74 Å². The second-order valence-corrected chi connectivity index (χ2v) is 7.32. The molecular formula is C17H26ClNO. The maximum Gasteiger partial charge on any atom is 0.119 e. The van der Waals surface area contributed by atoms with Crippen LogP contribution in [-0.2, 0) is 0 Å². The Hall–Kier alpha value is -0.730. The van der Waals surface area contributed by atoms with Gasteiger partial charge in [0.1, 0.15) is 11.9 Å². The number of benzene rings is 1. The van der Waals surface area contributed by atoms with Gasteiger partial charge in [-0.05, 0) is 61.9 Å². The van der Waals surface area contributed by atoms with Gasteiger partial charge in [-0.1, -0.05) is 32.4 Å². The lowest BCUT2D eigenvalue weighted by Crippen LogP contribution is -2.47. The summed E-state index contributed by atoms with van der Waals surface area (Å²) < 4.78 is 6.22. The van der Waals surface area contributed by atoms with Gasteiger partial charge in [-0.3, -0.25) is 0 Å². The van der Waals surface area contributed by atoms with E-state index in [1.54, 1.807) is 0 Å². The molecule has 1 aliphatic carbocycles. The van der Waals surface area contributed by atoms with Gasteiger partial charge in [0, 0.05) is 11.1 Å². The van der Waals surface area contributed by atoms with Gasteiger partial charge in [-0.15, -0.1) is 0 Å². The largest absolute Gasteiger partial charge is 0.489 e. The normalized spacial score (nSPS) is 27.4. The SMILES string of the molecule is CNC1CCC(C(C)(C)C)CC1Oc1ccc(Cl)cc1. The molecule has 0 amide bonds. The van der Waals surface area contributed by atoms with Gasteiger partial charge < -0.3 is 10.1 Å². The summed E-state index contributed by atoms with van der Waals surface area (Å²) in [7, 11) is 2.03. The van der Waals surface area contributed by atoms with Crippen LogP contribution < -0.4 is 10.1 Å². The number of hydrogen-bond acceptors (Lipinski definition) is 2. The average molecular weight is 296 g/mol. The molecule has 20 heavy (non-hydrogen) atoms. The van der Waals surface area contributed by atoms with Gasteiger partial charge in [-0.2, -0.15) is 0 Å². The van der Waals surface area contributed by atoms with E-state index in [2.05, 4.69) is 26.1 Å². The first-order chi connectivity index (χ1) is 9.40. The number of rotatable bonds is 3. The molecule has 0 aliphatic heterocycles. The first-order valence-corrected chi connectivity index (χ1v) is 7.87. The first-order valence-electron chi connectivity index (χ1n) is 7.49. The predicted molar refractivity (Wildman–Crippen MR) is 85.5 cm³/mol. The Morgan fingerprint density at radius 1 is 1.15 bits per heavy atom. The summed E-state index contributed by atoms with van der Waals surface area (Å²) in [6.07, 6.45) is 3.79. The van der Waals surface area contributed by atoms with Crippen molar-refractivity contribution in [3.63, 3.8) is 0 Å². The van der Waals surface area contributed by atoms with Crippen molar-refractivity contribution in [2.75, 3.05) is 7.05 Å². The van der Waals surface area contributed by atoms with Gasteiger partial charge >= 0.3 is 0 Å². The quantitative estimate of drug-likeness (QED) is 0.885. The van der Waals surface area contributed by atoms with Crippen LogP contribution in [0.1, 0.15) is 40.0 Å². The fourth-order valence-electron chi connectivity index (χ4n) is 3.06. The zero-order chi connectivity index (χ0) is 14.8. The van der Waals surface area contributed by atoms with Crippen molar-refractivity contribution in [2.45, 2.75) is 52.2 Å². The fraction of sp³-hybridized carbons (Fsp3) is 0.647. The van der Waals surface area contributed by atoms with Crippen LogP contribution in [0.4, 0.5) is 0 Å². The summed E-state index contributed by atoms with van der Waals surface area (Å²) in [5.74, 6) is 1.62. The Morgan fingerprint density at radius 2 is 1.80 bits per heavy atom. The number of nitrogens with one attached hydrogen (secondary N) is 1. The van der Waals surface area contributed by atoms with E-state index in [-0.39, 0.29) is 6.10 Å². The molecule has 1 saturated carbocycles. The van der Waals surface area contributed by atoms with Crippen LogP contribution in [0.15, 0.2) is 24.3 Å². The van der Waals surface area contributed by atoms with Crippen molar-refractivity contribution >= 4 is 11.6 Å². The highest BCUT2D eigenvalue weighted by Gasteiger charge is 2.36. The van der Waals surface area contributed by atoms with Crippen molar-refractivity contribution in [3.8, 4) is 5.75 Å². The minimum Gasteiger partial charge on any atom is -0.489 e. The van der Waals surface area contributed by atoms with Gasteiger partial charge in [0.05, 0.1) is 0 Å². The molecule has 2 rings (SSSR count). The maximum atomic E-state index is 6.22. The first kappa shape index (κ1) is 15.7. The molecule has 2 nitrogen and oxygen atoms in total. The second-order valence-electron chi connectivity index (χ2n) is 6.88. The van der Waals surface area contributed by atoms with Crippen LogP contribution in [0.5, 0.6) is 5.75 Å². The minimum absolute atomic E-state index is 0.235. The van der Waals surface area contributed by atoms with Crippen LogP contribution >= 0.6 is 11.6 Å². The van der Waals surface area contributed by atoms with Gasteiger partial charge in [0.25, 0.3) is 0 Å². The molecule has 112 valence electrons. The lowest BCUT2D eigenvalue weighted by Gasteiger charge is -2.41. The molecule has 1 aliphatic rings. The Kier molecular flexibility index (Phi) is 4.98. The Balaban J connectivity index is 2.07. The van der Waals surface area contributed by atoms with Gasteiger partial charge in [0.2, 0.25) is 0 Å². The van der Waals surface area contributed by atoms with E-state index < -0.39 is 0 Å². The van der Waals surface area contributed by atoms with Gasteiger partial charge in [0.15, 0.2) is 0 Å². The van der Waals surface area contributed by atoms with Crippen LogP contribution in [0.3, 0.4) is 0 Å².